The molecule has 1 unspecified atom stereocenters. The van der Waals surface area contributed by atoms with E-state index in [2.05, 4.69) is 20.7 Å². The number of aromatic nitrogens is 3. The molecule has 0 aliphatic carbocycles. The van der Waals surface area contributed by atoms with Crippen molar-refractivity contribution in [3.8, 4) is 11.5 Å². The molecule has 0 spiro atoms. The Balaban J connectivity index is 1.78. The van der Waals surface area contributed by atoms with Crippen LogP contribution in [0.1, 0.15) is 37.7 Å². The first-order valence-corrected chi connectivity index (χ1v) is 11.4. The molecule has 35 heavy (non-hydrogen) atoms. The van der Waals surface area contributed by atoms with Gasteiger partial charge in [0.15, 0.2) is 17.3 Å². The number of allylic oxidation sites excluding steroid dienone is 1. The number of halogens is 1. The van der Waals surface area contributed by atoms with Crippen LogP contribution in [0.25, 0.3) is 0 Å². The van der Waals surface area contributed by atoms with Gasteiger partial charge in [-0.1, -0.05) is 6.07 Å². The van der Waals surface area contributed by atoms with Crippen LogP contribution < -0.4 is 20.1 Å². The second-order valence-electron chi connectivity index (χ2n) is 7.99. The zero-order chi connectivity index (χ0) is 24.9. The summed E-state index contributed by atoms with van der Waals surface area (Å²) in [6, 6.07) is 10.4. The van der Waals surface area contributed by atoms with Crippen LogP contribution in [0.3, 0.4) is 0 Å². The third-order valence-corrected chi connectivity index (χ3v) is 5.60. The van der Waals surface area contributed by atoms with Crippen LogP contribution in [0, 0.1) is 5.82 Å². The molecular formula is C25H28FN5O4. The van der Waals surface area contributed by atoms with Gasteiger partial charge in [0.05, 0.1) is 19.3 Å². The second-order valence-corrected chi connectivity index (χ2v) is 7.99. The fourth-order valence-electron chi connectivity index (χ4n) is 4.00. The predicted octanol–water partition coefficient (Wildman–Crippen LogP) is 3.68. The van der Waals surface area contributed by atoms with Crippen molar-refractivity contribution < 1.29 is 23.8 Å². The molecule has 0 radical (unpaired) electrons. The first-order valence-electron chi connectivity index (χ1n) is 11.4. The van der Waals surface area contributed by atoms with E-state index in [1.165, 1.54) is 24.3 Å². The zero-order valence-electron chi connectivity index (χ0n) is 19.8. The lowest BCUT2D eigenvalue weighted by Crippen LogP contribution is -2.31. The van der Waals surface area contributed by atoms with Crippen molar-refractivity contribution >= 4 is 17.5 Å². The number of aliphatic hydroxyl groups is 1. The molecule has 184 valence electrons. The Morgan fingerprint density at radius 2 is 2.00 bits per heavy atom. The zero-order valence-corrected chi connectivity index (χ0v) is 19.8. The number of aryl methyl sites for hydroxylation is 1. The second kappa shape index (κ2) is 10.6. The highest BCUT2D eigenvalue weighted by Crippen LogP contribution is 2.39. The summed E-state index contributed by atoms with van der Waals surface area (Å²) in [6.07, 6.45) is 1.02. The van der Waals surface area contributed by atoms with Crippen LogP contribution >= 0.6 is 0 Å². The molecule has 1 aliphatic rings. The van der Waals surface area contributed by atoms with Crippen molar-refractivity contribution in [2.45, 2.75) is 32.7 Å². The number of rotatable bonds is 9. The molecule has 0 bridgehead atoms. The topological polar surface area (TPSA) is 111 Å². The smallest absolute Gasteiger partial charge is 0.255 e. The predicted molar refractivity (Wildman–Crippen MR) is 129 cm³/mol. The van der Waals surface area contributed by atoms with Gasteiger partial charge in [-0.3, -0.25) is 4.79 Å². The van der Waals surface area contributed by atoms with E-state index in [1.807, 2.05) is 19.1 Å². The van der Waals surface area contributed by atoms with Gasteiger partial charge in [0, 0.05) is 24.4 Å². The number of benzene rings is 2. The number of nitrogens with one attached hydrogen (secondary N) is 2. The third-order valence-electron chi connectivity index (χ3n) is 5.60. The Bertz CT molecular complexity index is 1240. The summed E-state index contributed by atoms with van der Waals surface area (Å²) in [5.41, 5.74) is 2.24. The van der Waals surface area contributed by atoms with Crippen LogP contribution in [0.15, 0.2) is 53.7 Å². The Morgan fingerprint density at radius 3 is 2.69 bits per heavy atom. The van der Waals surface area contributed by atoms with Crippen LogP contribution in [-0.2, 0) is 11.2 Å². The number of hydrogen-bond acceptors (Lipinski definition) is 7. The molecule has 0 fully saturated rings. The number of ether oxygens (including phenoxy) is 2. The Labute approximate surface area is 202 Å². The highest BCUT2D eigenvalue weighted by atomic mass is 19.1. The van der Waals surface area contributed by atoms with Crippen molar-refractivity contribution in [1.29, 1.82) is 0 Å². The first-order chi connectivity index (χ1) is 16.9. The summed E-state index contributed by atoms with van der Waals surface area (Å²) >= 11 is 0. The van der Waals surface area contributed by atoms with Crippen molar-refractivity contribution in [2.24, 2.45) is 0 Å². The van der Waals surface area contributed by atoms with Gasteiger partial charge < -0.3 is 25.2 Å². The molecule has 0 saturated carbocycles. The van der Waals surface area contributed by atoms with Gasteiger partial charge in [-0.05, 0) is 62.2 Å². The van der Waals surface area contributed by atoms with Crippen molar-refractivity contribution in [1.82, 2.24) is 14.8 Å². The highest BCUT2D eigenvalue weighted by molar-refractivity contribution is 6.06. The minimum absolute atomic E-state index is 0.0272. The van der Waals surface area contributed by atoms with Crippen molar-refractivity contribution in [3.63, 3.8) is 0 Å². The van der Waals surface area contributed by atoms with E-state index in [0.29, 0.717) is 59.7 Å². The number of nitrogens with zero attached hydrogens (tertiary/aromatic N) is 3. The summed E-state index contributed by atoms with van der Waals surface area (Å²) in [5.74, 6) is 1.41. The van der Waals surface area contributed by atoms with Gasteiger partial charge in [-0.25, -0.2) is 9.07 Å². The summed E-state index contributed by atoms with van der Waals surface area (Å²) in [6.45, 7) is 4.19. The third kappa shape index (κ3) is 5.12. The fourth-order valence-corrected chi connectivity index (χ4v) is 4.00. The molecule has 3 N–H and O–H groups in total. The van der Waals surface area contributed by atoms with E-state index in [9.17, 15) is 14.3 Å². The maximum Gasteiger partial charge on any atom is 0.255 e. The lowest BCUT2D eigenvalue weighted by Gasteiger charge is -2.29. The minimum atomic E-state index is -0.619. The average Bonchev–Trinajstić information content (AvgIpc) is 3.26. The molecule has 1 aliphatic heterocycles. The molecule has 1 aromatic heterocycles. The number of fused-ring (bicyclic) bond motifs is 1. The summed E-state index contributed by atoms with van der Waals surface area (Å²) < 4.78 is 26.2. The van der Waals surface area contributed by atoms with Crippen LogP contribution in [0.2, 0.25) is 0 Å². The molecule has 0 saturated heterocycles. The van der Waals surface area contributed by atoms with Crippen LogP contribution in [0.5, 0.6) is 11.5 Å². The number of carbonyl (C=O) groups excluding carboxylic acids is 1. The normalized spacial score (nSPS) is 14.8. The first kappa shape index (κ1) is 24.2. The number of aliphatic hydroxyl groups excluding tert-OH is 1. The van der Waals surface area contributed by atoms with E-state index in [0.717, 1.165) is 5.56 Å². The van der Waals surface area contributed by atoms with Crippen molar-refractivity contribution in [3.05, 3.63) is 70.9 Å². The highest BCUT2D eigenvalue weighted by Gasteiger charge is 2.35. The van der Waals surface area contributed by atoms with Crippen LogP contribution in [0.4, 0.5) is 16.0 Å². The van der Waals surface area contributed by atoms with Gasteiger partial charge in [-0.2, -0.15) is 10.1 Å². The molecule has 9 nitrogen and oxygen atoms in total. The van der Waals surface area contributed by atoms with Gasteiger partial charge in [0.2, 0.25) is 5.95 Å². The average molecular weight is 482 g/mol. The molecule has 3 aromatic rings. The summed E-state index contributed by atoms with van der Waals surface area (Å²) in [7, 11) is 1.56. The quantitative estimate of drug-likeness (QED) is 0.428. The molecule has 10 heteroatoms. The molecule has 4 rings (SSSR count). The number of anilines is 2. The maximum absolute atomic E-state index is 13.5. The van der Waals surface area contributed by atoms with Crippen LogP contribution in [-0.4, -0.2) is 46.1 Å². The standard InChI is InChI=1S/C25H28FN5O4/c1-4-35-19-12-7-16(14-20(19)34-3)23-22(24(33)28-18-10-8-17(26)9-11-18)15(2)27-25-29-21(6-5-13-32)30-31(23)25/h7-12,14,23,32H,4-6,13H2,1-3H3,(H,28,33)(H,27,29,30). The summed E-state index contributed by atoms with van der Waals surface area (Å²) in [4.78, 5) is 18.1. The van der Waals surface area contributed by atoms with Gasteiger partial charge >= 0.3 is 0 Å². The van der Waals surface area contributed by atoms with Gasteiger partial charge in [-0.15, -0.1) is 0 Å². The number of carbonyl (C=O) groups is 1. The largest absolute Gasteiger partial charge is 0.493 e. The number of hydrogen-bond donors (Lipinski definition) is 3. The molecule has 1 amide bonds. The lowest BCUT2D eigenvalue weighted by atomic mass is 9.94. The molecule has 2 aromatic carbocycles. The lowest BCUT2D eigenvalue weighted by molar-refractivity contribution is -0.113. The maximum atomic E-state index is 13.5. The number of methoxy groups -OCH3 is 1. The molecular weight excluding hydrogens is 453 g/mol. The van der Waals surface area contributed by atoms with Gasteiger partial charge in [0.1, 0.15) is 11.9 Å². The Morgan fingerprint density at radius 1 is 1.23 bits per heavy atom. The Kier molecular flexibility index (Phi) is 7.31. The fraction of sp³-hybridized carbons (Fsp3) is 0.320. The number of amides is 1. The monoisotopic (exact) mass is 481 g/mol. The molecule has 2 heterocycles. The van der Waals surface area contributed by atoms with E-state index in [4.69, 9.17) is 9.47 Å². The minimum Gasteiger partial charge on any atom is -0.493 e. The van der Waals surface area contributed by atoms with Gasteiger partial charge in [0.25, 0.3) is 5.91 Å². The van der Waals surface area contributed by atoms with E-state index in [1.54, 1.807) is 24.8 Å². The van der Waals surface area contributed by atoms with E-state index >= 15 is 0 Å². The SMILES string of the molecule is CCOc1ccc(C2C(C(=O)Nc3ccc(F)cc3)=C(C)Nc3nc(CCCO)nn32)cc1OC. The Hall–Kier alpha value is -3.92. The summed E-state index contributed by atoms with van der Waals surface area (Å²) in [5, 5.41) is 19.9. The van der Waals surface area contributed by atoms with E-state index in [-0.39, 0.29) is 18.3 Å². The molecule has 1 atom stereocenters. The van der Waals surface area contributed by atoms with E-state index < -0.39 is 6.04 Å². The van der Waals surface area contributed by atoms with Crippen molar-refractivity contribution in [2.75, 3.05) is 31.0 Å².